The molecule has 1 aromatic rings. The maximum absolute atomic E-state index is 9.51. The number of rotatable bonds is 3. The molecule has 1 N–H and O–H groups in total. The van der Waals surface area contributed by atoms with Crippen LogP contribution in [0.4, 0.5) is 0 Å². The second-order valence-corrected chi connectivity index (χ2v) is 4.79. The zero-order valence-electron chi connectivity index (χ0n) is 9.77. The zero-order chi connectivity index (χ0) is 11.6. The molecule has 0 spiro atoms. The van der Waals surface area contributed by atoms with Crippen molar-refractivity contribution < 1.29 is 14.6 Å². The Morgan fingerprint density at radius 3 is 2.44 bits per heavy atom. The van der Waals surface area contributed by atoms with Crippen LogP contribution in [-0.2, 0) is 15.9 Å². The molecular formula is C13H18O3. The van der Waals surface area contributed by atoms with Gasteiger partial charge in [-0.3, -0.25) is 0 Å². The van der Waals surface area contributed by atoms with Crippen molar-refractivity contribution in [3.63, 3.8) is 0 Å². The Hall–Kier alpha value is -0.900. The minimum absolute atomic E-state index is 0.0225. The highest BCUT2D eigenvalue weighted by molar-refractivity contribution is 5.17. The molecule has 1 heterocycles. The van der Waals surface area contributed by atoms with Crippen LogP contribution in [0, 0.1) is 0 Å². The molecule has 3 heteroatoms. The molecule has 1 saturated heterocycles. The fourth-order valence-electron chi connectivity index (χ4n) is 2.07. The molecule has 1 fully saturated rings. The standard InChI is InChI=1S/C13H18O3/c1-12(2)15-10-13(9-14,16-12)8-11-6-4-3-5-7-11/h3-7,14H,8-10H2,1-2H3/t13-/m0/s1. The summed E-state index contributed by atoms with van der Waals surface area (Å²) in [6, 6.07) is 10.0. The van der Waals surface area contributed by atoms with Gasteiger partial charge in [-0.2, -0.15) is 0 Å². The number of hydrogen-bond donors (Lipinski definition) is 1. The van der Waals surface area contributed by atoms with Crippen molar-refractivity contribution in [1.82, 2.24) is 0 Å². The van der Waals surface area contributed by atoms with E-state index in [2.05, 4.69) is 0 Å². The van der Waals surface area contributed by atoms with Gasteiger partial charge in [-0.15, -0.1) is 0 Å². The molecule has 1 aliphatic rings. The average molecular weight is 222 g/mol. The monoisotopic (exact) mass is 222 g/mol. The van der Waals surface area contributed by atoms with Crippen molar-refractivity contribution in [2.24, 2.45) is 0 Å². The summed E-state index contributed by atoms with van der Waals surface area (Å²) in [5, 5.41) is 9.51. The summed E-state index contributed by atoms with van der Waals surface area (Å²) >= 11 is 0. The second kappa shape index (κ2) is 4.17. The van der Waals surface area contributed by atoms with Crippen molar-refractivity contribution in [2.45, 2.75) is 31.7 Å². The molecule has 0 amide bonds. The van der Waals surface area contributed by atoms with Crippen LogP contribution >= 0.6 is 0 Å². The van der Waals surface area contributed by atoms with Crippen LogP contribution < -0.4 is 0 Å². The van der Waals surface area contributed by atoms with E-state index < -0.39 is 11.4 Å². The number of ether oxygens (including phenoxy) is 2. The van der Waals surface area contributed by atoms with Crippen molar-refractivity contribution in [3.8, 4) is 0 Å². The van der Waals surface area contributed by atoms with Gasteiger partial charge in [-0.05, 0) is 19.4 Å². The lowest BCUT2D eigenvalue weighted by molar-refractivity contribution is -0.168. The Labute approximate surface area is 96.0 Å². The summed E-state index contributed by atoms with van der Waals surface area (Å²) in [6.07, 6.45) is 0.674. The highest BCUT2D eigenvalue weighted by atomic mass is 16.8. The quantitative estimate of drug-likeness (QED) is 0.846. The molecule has 2 rings (SSSR count). The third-order valence-corrected chi connectivity index (χ3v) is 2.80. The fraction of sp³-hybridized carbons (Fsp3) is 0.538. The molecular weight excluding hydrogens is 204 g/mol. The fourth-order valence-corrected chi connectivity index (χ4v) is 2.07. The highest BCUT2D eigenvalue weighted by Gasteiger charge is 2.45. The van der Waals surface area contributed by atoms with Crippen molar-refractivity contribution in [3.05, 3.63) is 35.9 Å². The van der Waals surface area contributed by atoms with E-state index in [1.165, 1.54) is 0 Å². The highest BCUT2D eigenvalue weighted by Crippen LogP contribution is 2.33. The number of hydrogen-bond acceptors (Lipinski definition) is 3. The molecule has 1 atom stereocenters. The summed E-state index contributed by atoms with van der Waals surface area (Å²) in [4.78, 5) is 0. The third kappa shape index (κ3) is 2.43. The van der Waals surface area contributed by atoms with Crippen LogP contribution in [0.25, 0.3) is 0 Å². The maximum atomic E-state index is 9.51. The van der Waals surface area contributed by atoms with Crippen LogP contribution in [0.3, 0.4) is 0 Å². The van der Waals surface area contributed by atoms with E-state index in [9.17, 15) is 5.11 Å². The number of aliphatic hydroxyl groups excluding tert-OH is 1. The van der Waals surface area contributed by atoms with E-state index in [-0.39, 0.29) is 6.61 Å². The van der Waals surface area contributed by atoms with E-state index in [0.717, 1.165) is 5.56 Å². The van der Waals surface area contributed by atoms with Crippen molar-refractivity contribution in [2.75, 3.05) is 13.2 Å². The van der Waals surface area contributed by atoms with Crippen LogP contribution in [-0.4, -0.2) is 29.7 Å². The van der Waals surface area contributed by atoms with E-state index in [4.69, 9.17) is 9.47 Å². The first kappa shape index (κ1) is 11.6. The number of benzene rings is 1. The minimum Gasteiger partial charge on any atom is -0.393 e. The van der Waals surface area contributed by atoms with E-state index in [1.54, 1.807) is 0 Å². The molecule has 0 saturated carbocycles. The SMILES string of the molecule is CC1(C)OC[C@@](CO)(Cc2ccccc2)O1. The minimum atomic E-state index is -0.600. The predicted octanol–water partition coefficient (Wildman–Crippen LogP) is 1.74. The lowest BCUT2D eigenvalue weighted by Gasteiger charge is -2.27. The summed E-state index contributed by atoms with van der Waals surface area (Å²) in [7, 11) is 0. The Kier molecular flexibility index (Phi) is 3.02. The molecule has 0 radical (unpaired) electrons. The maximum Gasteiger partial charge on any atom is 0.163 e. The number of aliphatic hydroxyl groups is 1. The molecule has 16 heavy (non-hydrogen) atoms. The normalized spacial score (nSPS) is 28.2. The molecule has 88 valence electrons. The largest absolute Gasteiger partial charge is 0.393 e. The smallest absolute Gasteiger partial charge is 0.163 e. The molecule has 1 aliphatic heterocycles. The van der Waals surface area contributed by atoms with Gasteiger partial charge in [0.15, 0.2) is 5.79 Å². The zero-order valence-corrected chi connectivity index (χ0v) is 9.77. The van der Waals surface area contributed by atoms with Gasteiger partial charge in [0.05, 0.1) is 13.2 Å². The lowest BCUT2D eigenvalue weighted by atomic mass is 9.96. The van der Waals surface area contributed by atoms with Gasteiger partial charge in [-0.1, -0.05) is 30.3 Å². The first-order valence-corrected chi connectivity index (χ1v) is 5.54. The summed E-state index contributed by atoms with van der Waals surface area (Å²) in [5.41, 5.74) is 0.558. The van der Waals surface area contributed by atoms with Crippen LogP contribution in [0.2, 0.25) is 0 Å². The van der Waals surface area contributed by atoms with E-state index in [0.29, 0.717) is 13.0 Å². The first-order chi connectivity index (χ1) is 7.55. The third-order valence-electron chi connectivity index (χ3n) is 2.80. The van der Waals surface area contributed by atoms with E-state index in [1.807, 2.05) is 44.2 Å². The lowest BCUT2D eigenvalue weighted by Crippen LogP contribution is -2.40. The molecule has 0 aromatic heterocycles. The summed E-state index contributed by atoms with van der Waals surface area (Å²) in [6.45, 7) is 4.15. The van der Waals surface area contributed by atoms with E-state index >= 15 is 0 Å². The Morgan fingerprint density at radius 2 is 1.94 bits per heavy atom. The van der Waals surface area contributed by atoms with Crippen molar-refractivity contribution in [1.29, 1.82) is 0 Å². The van der Waals surface area contributed by atoms with Gasteiger partial charge in [0.25, 0.3) is 0 Å². The summed E-state index contributed by atoms with van der Waals surface area (Å²) in [5.74, 6) is -0.600. The molecule has 3 nitrogen and oxygen atoms in total. The van der Waals surface area contributed by atoms with Crippen LogP contribution in [0.5, 0.6) is 0 Å². The Bertz CT molecular complexity index is 347. The topological polar surface area (TPSA) is 38.7 Å². The van der Waals surface area contributed by atoms with Gasteiger partial charge in [-0.25, -0.2) is 0 Å². The van der Waals surface area contributed by atoms with Gasteiger partial charge in [0.2, 0.25) is 0 Å². The molecule has 1 aromatic carbocycles. The molecule has 0 bridgehead atoms. The predicted molar refractivity (Wildman–Crippen MR) is 61.1 cm³/mol. The van der Waals surface area contributed by atoms with Gasteiger partial charge >= 0.3 is 0 Å². The van der Waals surface area contributed by atoms with Gasteiger partial charge in [0.1, 0.15) is 5.60 Å². The Balaban J connectivity index is 2.13. The average Bonchev–Trinajstić information content (AvgIpc) is 2.57. The van der Waals surface area contributed by atoms with Crippen LogP contribution in [0.1, 0.15) is 19.4 Å². The molecule has 0 unspecified atom stereocenters. The van der Waals surface area contributed by atoms with Gasteiger partial charge < -0.3 is 14.6 Å². The van der Waals surface area contributed by atoms with Crippen molar-refractivity contribution >= 4 is 0 Å². The van der Waals surface area contributed by atoms with Crippen LogP contribution in [0.15, 0.2) is 30.3 Å². The first-order valence-electron chi connectivity index (χ1n) is 5.54. The van der Waals surface area contributed by atoms with Gasteiger partial charge in [0, 0.05) is 6.42 Å². The Morgan fingerprint density at radius 1 is 1.25 bits per heavy atom. The second-order valence-electron chi connectivity index (χ2n) is 4.79. The summed E-state index contributed by atoms with van der Waals surface area (Å²) < 4.78 is 11.4. The molecule has 0 aliphatic carbocycles.